The Morgan fingerprint density at radius 1 is 0.857 bits per heavy atom. The first-order valence-corrected chi connectivity index (χ1v) is 7.50. The van der Waals surface area contributed by atoms with Crippen LogP contribution in [0.25, 0.3) is 11.1 Å². The van der Waals surface area contributed by atoms with Crippen molar-refractivity contribution in [3.8, 4) is 17.0 Å². The van der Waals surface area contributed by atoms with Crippen molar-refractivity contribution in [1.82, 2.24) is 4.98 Å². The van der Waals surface area contributed by atoms with Crippen molar-refractivity contribution in [2.24, 2.45) is 0 Å². The van der Waals surface area contributed by atoms with Crippen LogP contribution >= 0.6 is 15.9 Å². The molecule has 3 aromatic rings. The molecule has 0 unspecified atom stereocenters. The first-order valence-electron chi connectivity index (χ1n) is 6.70. The molecule has 0 radical (unpaired) electrons. The maximum atomic E-state index is 5.76. The molecule has 3 heteroatoms. The van der Waals surface area contributed by atoms with Crippen LogP contribution in [0.2, 0.25) is 0 Å². The van der Waals surface area contributed by atoms with Crippen molar-refractivity contribution in [2.45, 2.75) is 6.61 Å². The van der Waals surface area contributed by atoms with E-state index in [2.05, 4.69) is 33.0 Å². The topological polar surface area (TPSA) is 22.1 Å². The zero-order valence-electron chi connectivity index (χ0n) is 11.4. The zero-order chi connectivity index (χ0) is 14.5. The first-order chi connectivity index (χ1) is 10.3. The van der Waals surface area contributed by atoms with Crippen LogP contribution in [0.5, 0.6) is 5.88 Å². The number of ether oxygens (including phenoxy) is 1. The van der Waals surface area contributed by atoms with Gasteiger partial charge in [0.1, 0.15) is 6.61 Å². The molecule has 0 fully saturated rings. The lowest BCUT2D eigenvalue weighted by atomic mass is 10.1. The Morgan fingerprint density at radius 2 is 1.52 bits per heavy atom. The highest BCUT2D eigenvalue weighted by molar-refractivity contribution is 9.10. The molecule has 1 aromatic heterocycles. The summed E-state index contributed by atoms with van der Waals surface area (Å²) in [4.78, 5) is 4.40. The molecule has 0 saturated carbocycles. The Hall–Kier alpha value is -2.13. The fraction of sp³-hybridized carbons (Fsp3) is 0.0556. The smallest absolute Gasteiger partial charge is 0.228 e. The van der Waals surface area contributed by atoms with Crippen LogP contribution in [0.3, 0.4) is 0 Å². The first kappa shape index (κ1) is 13.8. The van der Waals surface area contributed by atoms with E-state index in [9.17, 15) is 0 Å². The normalized spacial score (nSPS) is 10.3. The molecule has 21 heavy (non-hydrogen) atoms. The number of hydrogen-bond donors (Lipinski definition) is 0. The van der Waals surface area contributed by atoms with E-state index in [1.54, 1.807) is 0 Å². The minimum atomic E-state index is 0.511. The highest BCUT2D eigenvalue weighted by atomic mass is 79.9. The quantitative estimate of drug-likeness (QED) is 0.660. The second-order valence-electron chi connectivity index (χ2n) is 4.65. The average Bonchev–Trinajstić information content (AvgIpc) is 2.55. The molecule has 0 aliphatic carbocycles. The van der Waals surface area contributed by atoms with Gasteiger partial charge in [0.05, 0.1) is 4.47 Å². The lowest BCUT2D eigenvalue weighted by molar-refractivity contribution is 0.292. The van der Waals surface area contributed by atoms with Crippen molar-refractivity contribution in [3.63, 3.8) is 0 Å². The summed E-state index contributed by atoms with van der Waals surface area (Å²) in [6.07, 6.45) is 1.83. The minimum absolute atomic E-state index is 0.511. The summed E-state index contributed by atoms with van der Waals surface area (Å²) in [5, 5.41) is 0. The molecule has 0 N–H and O–H groups in total. The largest absolute Gasteiger partial charge is 0.472 e. The Kier molecular flexibility index (Phi) is 4.31. The highest BCUT2D eigenvalue weighted by Crippen LogP contribution is 2.28. The third kappa shape index (κ3) is 3.50. The van der Waals surface area contributed by atoms with Crippen LogP contribution < -0.4 is 4.74 Å². The Balaban J connectivity index is 1.76. The number of pyridine rings is 1. The van der Waals surface area contributed by atoms with Gasteiger partial charge in [-0.2, -0.15) is 0 Å². The summed E-state index contributed by atoms with van der Waals surface area (Å²) in [7, 11) is 0. The van der Waals surface area contributed by atoms with Gasteiger partial charge in [-0.1, -0.05) is 60.7 Å². The molecule has 0 bridgehead atoms. The fourth-order valence-corrected chi connectivity index (χ4v) is 2.51. The summed E-state index contributed by atoms with van der Waals surface area (Å²) >= 11 is 3.53. The SMILES string of the molecule is Brc1cc(-c2ccccc2)cnc1OCc1ccccc1. The predicted molar refractivity (Wildman–Crippen MR) is 88.1 cm³/mol. The summed E-state index contributed by atoms with van der Waals surface area (Å²) in [6, 6.07) is 22.3. The second-order valence-corrected chi connectivity index (χ2v) is 5.51. The molecule has 104 valence electrons. The number of hydrogen-bond acceptors (Lipinski definition) is 2. The van der Waals surface area contributed by atoms with Crippen LogP contribution in [0.15, 0.2) is 77.4 Å². The number of rotatable bonds is 4. The van der Waals surface area contributed by atoms with Crippen molar-refractivity contribution >= 4 is 15.9 Å². The highest BCUT2D eigenvalue weighted by Gasteiger charge is 2.06. The number of nitrogens with zero attached hydrogens (tertiary/aromatic N) is 1. The van der Waals surface area contributed by atoms with Gasteiger partial charge < -0.3 is 4.74 Å². The standard InChI is InChI=1S/C18H14BrNO/c19-17-11-16(15-9-5-2-6-10-15)12-20-18(17)21-13-14-7-3-1-4-8-14/h1-12H,13H2. The monoisotopic (exact) mass is 339 g/mol. The molecule has 0 atom stereocenters. The van der Waals surface area contributed by atoms with Crippen LogP contribution in [0, 0.1) is 0 Å². The lowest BCUT2D eigenvalue weighted by Gasteiger charge is -2.09. The van der Waals surface area contributed by atoms with Gasteiger partial charge in [0, 0.05) is 11.8 Å². The number of benzene rings is 2. The van der Waals surface area contributed by atoms with Gasteiger partial charge in [0.25, 0.3) is 0 Å². The van der Waals surface area contributed by atoms with E-state index in [0.717, 1.165) is 21.2 Å². The Morgan fingerprint density at radius 3 is 2.19 bits per heavy atom. The molecule has 0 saturated heterocycles. The van der Waals surface area contributed by atoms with Crippen molar-refractivity contribution in [2.75, 3.05) is 0 Å². The minimum Gasteiger partial charge on any atom is -0.472 e. The van der Waals surface area contributed by atoms with E-state index in [1.807, 2.05) is 60.8 Å². The molecule has 2 aromatic carbocycles. The lowest BCUT2D eigenvalue weighted by Crippen LogP contribution is -1.98. The van der Waals surface area contributed by atoms with E-state index in [-0.39, 0.29) is 0 Å². The van der Waals surface area contributed by atoms with Crippen molar-refractivity contribution < 1.29 is 4.74 Å². The molecular weight excluding hydrogens is 326 g/mol. The van der Waals surface area contributed by atoms with E-state index < -0.39 is 0 Å². The van der Waals surface area contributed by atoms with Gasteiger partial charge >= 0.3 is 0 Å². The third-order valence-corrected chi connectivity index (χ3v) is 3.70. The van der Waals surface area contributed by atoms with Gasteiger partial charge in [-0.15, -0.1) is 0 Å². The van der Waals surface area contributed by atoms with E-state index >= 15 is 0 Å². The maximum absolute atomic E-state index is 5.76. The second kappa shape index (κ2) is 6.55. The summed E-state index contributed by atoms with van der Waals surface area (Å²) in [5.74, 6) is 0.610. The van der Waals surface area contributed by atoms with Crippen molar-refractivity contribution in [1.29, 1.82) is 0 Å². The zero-order valence-corrected chi connectivity index (χ0v) is 13.0. The van der Waals surface area contributed by atoms with Crippen molar-refractivity contribution in [3.05, 3.63) is 83.0 Å². The predicted octanol–water partition coefficient (Wildman–Crippen LogP) is 5.09. The fourth-order valence-electron chi connectivity index (χ4n) is 2.05. The molecule has 0 aliphatic rings. The average molecular weight is 340 g/mol. The molecule has 0 aliphatic heterocycles. The molecular formula is C18H14BrNO. The number of aromatic nitrogens is 1. The summed E-state index contributed by atoms with van der Waals surface area (Å²) in [5.41, 5.74) is 3.33. The maximum Gasteiger partial charge on any atom is 0.228 e. The Bertz CT molecular complexity index is 714. The van der Waals surface area contributed by atoms with E-state index in [0.29, 0.717) is 12.5 Å². The van der Waals surface area contributed by atoms with E-state index in [4.69, 9.17) is 4.74 Å². The van der Waals surface area contributed by atoms with Gasteiger partial charge in [-0.25, -0.2) is 4.98 Å². The molecule has 3 rings (SSSR count). The molecule has 0 spiro atoms. The van der Waals surface area contributed by atoms with Gasteiger partial charge in [0.2, 0.25) is 5.88 Å². The van der Waals surface area contributed by atoms with Gasteiger partial charge in [0.15, 0.2) is 0 Å². The van der Waals surface area contributed by atoms with Crippen LogP contribution in [-0.4, -0.2) is 4.98 Å². The van der Waals surface area contributed by atoms with Crippen LogP contribution in [0.1, 0.15) is 5.56 Å². The van der Waals surface area contributed by atoms with Gasteiger partial charge in [-0.05, 0) is 33.1 Å². The molecule has 0 amide bonds. The summed E-state index contributed by atoms with van der Waals surface area (Å²) in [6.45, 7) is 0.511. The van der Waals surface area contributed by atoms with Crippen LogP contribution in [-0.2, 0) is 6.61 Å². The number of halogens is 1. The van der Waals surface area contributed by atoms with Gasteiger partial charge in [-0.3, -0.25) is 0 Å². The third-order valence-electron chi connectivity index (χ3n) is 3.13. The Labute approximate surface area is 132 Å². The van der Waals surface area contributed by atoms with E-state index in [1.165, 1.54) is 0 Å². The molecule has 2 nitrogen and oxygen atoms in total. The molecule has 1 heterocycles. The van der Waals surface area contributed by atoms with Crippen LogP contribution in [0.4, 0.5) is 0 Å². The summed E-state index contributed by atoms with van der Waals surface area (Å²) < 4.78 is 6.62.